The third-order valence-electron chi connectivity index (χ3n) is 9.38. The SMILES string of the molecule is CCCn1c(O[C@@H]2C[C@H]3C(=O)N[C@]4(C(=O)NS(=O)(=O)N(C)C)C[C@H]4/C=C\CCCCC[C@H](NC(=O)OC(C)(C)C)C(=O)N3C2)nc2ccccc21. The van der Waals surface area contributed by atoms with E-state index in [-0.39, 0.29) is 19.4 Å². The highest BCUT2D eigenvalue weighted by atomic mass is 32.2. The summed E-state index contributed by atoms with van der Waals surface area (Å²) in [7, 11) is -1.56. The van der Waals surface area contributed by atoms with Crippen LogP contribution in [0.3, 0.4) is 0 Å². The number of benzene rings is 1. The van der Waals surface area contributed by atoms with Gasteiger partial charge in [-0.25, -0.2) is 9.52 Å². The summed E-state index contributed by atoms with van der Waals surface area (Å²) >= 11 is 0. The topological polar surface area (TPSA) is 181 Å². The summed E-state index contributed by atoms with van der Waals surface area (Å²) in [6, 6.07) is 5.92. The number of rotatable bonds is 8. The summed E-state index contributed by atoms with van der Waals surface area (Å²) in [5.41, 5.74) is -0.689. The van der Waals surface area contributed by atoms with E-state index in [0.29, 0.717) is 31.8 Å². The van der Waals surface area contributed by atoms with E-state index in [9.17, 15) is 27.6 Å². The smallest absolute Gasteiger partial charge is 0.408 e. The van der Waals surface area contributed by atoms with Crippen LogP contribution in [0.1, 0.15) is 79.1 Å². The lowest BCUT2D eigenvalue weighted by Crippen LogP contribution is -2.58. The van der Waals surface area contributed by atoms with E-state index in [1.165, 1.54) is 19.0 Å². The number of aromatic nitrogens is 2. The largest absolute Gasteiger partial charge is 0.459 e. The van der Waals surface area contributed by atoms with E-state index >= 15 is 0 Å². The molecule has 51 heavy (non-hydrogen) atoms. The van der Waals surface area contributed by atoms with Gasteiger partial charge in [0.2, 0.25) is 11.8 Å². The molecule has 0 spiro atoms. The van der Waals surface area contributed by atoms with Crippen LogP contribution in [-0.2, 0) is 35.9 Å². The molecule has 15 nitrogen and oxygen atoms in total. The van der Waals surface area contributed by atoms with Gasteiger partial charge in [-0.1, -0.05) is 44.1 Å². The molecule has 1 saturated carbocycles. The quantitative estimate of drug-likeness (QED) is 0.344. The fourth-order valence-corrected chi connectivity index (χ4v) is 7.25. The first-order valence-electron chi connectivity index (χ1n) is 17.7. The number of alkyl carbamates (subject to hydrolysis) is 1. The zero-order chi connectivity index (χ0) is 37.1. The molecule has 2 fully saturated rings. The van der Waals surface area contributed by atoms with Crippen molar-refractivity contribution >= 4 is 45.1 Å². The molecule has 16 heteroatoms. The number of fused-ring (bicyclic) bond motifs is 3. The monoisotopic (exact) mass is 729 g/mol. The summed E-state index contributed by atoms with van der Waals surface area (Å²) < 4.78 is 42.2. The lowest BCUT2D eigenvalue weighted by Gasteiger charge is -2.30. The minimum absolute atomic E-state index is 0.0102. The van der Waals surface area contributed by atoms with Gasteiger partial charge in [-0.2, -0.15) is 17.7 Å². The predicted octanol–water partition coefficient (Wildman–Crippen LogP) is 3.01. The van der Waals surface area contributed by atoms with E-state index in [1.807, 2.05) is 47.9 Å². The Morgan fingerprint density at radius 2 is 1.88 bits per heavy atom. The zero-order valence-electron chi connectivity index (χ0n) is 30.3. The normalized spacial score (nSPS) is 26.7. The highest BCUT2D eigenvalue weighted by molar-refractivity contribution is 7.87. The van der Waals surface area contributed by atoms with Crippen LogP contribution in [0.15, 0.2) is 36.4 Å². The Morgan fingerprint density at radius 3 is 2.59 bits per heavy atom. The molecule has 2 aromatic rings. The number of carbonyl (C=O) groups excluding carboxylic acids is 4. The van der Waals surface area contributed by atoms with Gasteiger partial charge in [0.15, 0.2) is 0 Å². The molecule has 280 valence electrons. The molecule has 1 aromatic carbocycles. The third kappa shape index (κ3) is 8.83. The zero-order valence-corrected chi connectivity index (χ0v) is 31.1. The lowest BCUT2D eigenvalue weighted by atomic mass is 10.0. The molecule has 1 aliphatic carbocycles. The maximum absolute atomic E-state index is 14.4. The van der Waals surface area contributed by atoms with Gasteiger partial charge in [0.1, 0.15) is 29.3 Å². The second-order valence-corrected chi connectivity index (χ2v) is 16.7. The molecule has 2 aliphatic heterocycles. The van der Waals surface area contributed by atoms with Crippen molar-refractivity contribution in [3.05, 3.63) is 36.4 Å². The molecule has 3 heterocycles. The number of amides is 4. The van der Waals surface area contributed by atoms with Crippen LogP contribution >= 0.6 is 0 Å². The van der Waals surface area contributed by atoms with Crippen molar-refractivity contribution in [2.45, 2.75) is 115 Å². The van der Waals surface area contributed by atoms with Crippen LogP contribution in [0.25, 0.3) is 11.0 Å². The summed E-state index contributed by atoms with van der Waals surface area (Å²) in [6.45, 7) is 7.88. The first-order valence-corrected chi connectivity index (χ1v) is 19.1. The Hall–Kier alpha value is -4.18. The maximum atomic E-state index is 14.4. The first-order chi connectivity index (χ1) is 24.0. The number of para-hydroxylation sites is 2. The van der Waals surface area contributed by atoms with Crippen LogP contribution in [0.2, 0.25) is 0 Å². The van der Waals surface area contributed by atoms with Crippen molar-refractivity contribution in [1.82, 2.24) is 34.1 Å². The number of hydrogen-bond donors (Lipinski definition) is 3. The van der Waals surface area contributed by atoms with Crippen molar-refractivity contribution < 1.29 is 37.1 Å². The Bertz CT molecular complexity index is 1770. The van der Waals surface area contributed by atoms with Gasteiger partial charge in [-0.05, 0) is 65.0 Å². The van der Waals surface area contributed by atoms with Gasteiger partial charge in [0.25, 0.3) is 11.9 Å². The molecular formula is C35H51N7O8S. The molecule has 3 aliphatic rings. The number of carbonyl (C=O) groups is 4. The second kappa shape index (κ2) is 15.2. The number of aryl methyl sites for hydroxylation is 1. The molecule has 0 radical (unpaired) electrons. The number of hydrogen-bond acceptors (Lipinski definition) is 9. The summed E-state index contributed by atoms with van der Waals surface area (Å²) in [6.07, 6.45) is 6.64. The molecular weight excluding hydrogens is 678 g/mol. The standard InChI is InChI=1S/C35H51N7O8S/c1-7-19-41-27-18-14-13-16-25(27)36-32(41)49-24-20-28-29(43)38-35(31(45)39-51(47,48)40(5)6)21-23(35)15-11-9-8-10-12-17-26(30(44)42(28)22-24)37-33(46)50-34(2,3)4/h11,13-16,18,23-24,26,28H,7-10,12,17,19-22H2,1-6H3,(H,37,46)(H,38,43)(H,39,45)/b15-11-/t23-,24-,26+,28+,35-/m1/s1. The average Bonchev–Trinajstić information content (AvgIpc) is 3.39. The number of nitrogens with one attached hydrogen (secondary N) is 3. The Morgan fingerprint density at radius 1 is 1.14 bits per heavy atom. The molecule has 5 atom stereocenters. The van der Waals surface area contributed by atoms with E-state index in [2.05, 4.69) is 15.4 Å². The van der Waals surface area contributed by atoms with Crippen molar-refractivity contribution in [2.75, 3.05) is 20.6 Å². The average molecular weight is 730 g/mol. The molecule has 1 saturated heterocycles. The maximum Gasteiger partial charge on any atom is 0.408 e. The molecule has 5 rings (SSSR count). The Balaban J connectivity index is 1.48. The highest BCUT2D eigenvalue weighted by Gasteiger charge is 2.61. The number of ether oxygens (including phenoxy) is 2. The minimum Gasteiger partial charge on any atom is -0.459 e. The highest BCUT2D eigenvalue weighted by Crippen LogP contribution is 2.46. The van der Waals surface area contributed by atoms with E-state index in [1.54, 1.807) is 20.8 Å². The lowest BCUT2D eigenvalue weighted by molar-refractivity contribution is -0.141. The molecule has 0 bridgehead atoms. The van der Waals surface area contributed by atoms with Gasteiger partial charge in [0.05, 0.1) is 17.6 Å². The second-order valence-electron chi connectivity index (χ2n) is 14.8. The summed E-state index contributed by atoms with van der Waals surface area (Å²) in [4.78, 5) is 61.4. The fraction of sp³-hybridized carbons (Fsp3) is 0.629. The first kappa shape index (κ1) is 38.1. The van der Waals surface area contributed by atoms with Crippen LogP contribution in [-0.4, -0.2) is 101 Å². The van der Waals surface area contributed by atoms with Crippen LogP contribution < -0.4 is 20.1 Å². The molecule has 1 aromatic heterocycles. The minimum atomic E-state index is -4.15. The predicted molar refractivity (Wildman–Crippen MR) is 190 cm³/mol. The summed E-state index contributed by atoms with van der Waals surface area (Å²) in [5, 5.41) is 5.59. The van der Waals surface area contributed by atoms with Gasteiger partial charge in [-0.15, -0.1) is 0 Å². The van der Waals surface area contributed by atoms with Gasteiger partial charge >= 0.3 is 16.3 Å². The van der Waals surface area contributed by atoms with Crippen LogP contribution in [0.5, 0.6) is 6.01 Å². The van der Waals surface area contributed by atoms with Gasteiger partial charge < -0.3 is 25.0 Å². The van der Waals surface area contributed by atoms with Gasteiger partial charge in [-0.3, -0.25) is 19.0 Å². The fourth-order valence-electron chi connectivity index (χ4n) is 6.65. The van der Waals surface area contributed by atoms with Gasteiger partial charge in [0, 0.05) is 33.0 Å². The number of imidazole rings is 1. The number of allylic oxidation sites excluding steroid dienone is 1. The molecule has 0 unspecified atom stereocenters. The number of nitrogens with zero attached hydrogens (tertiary/aromatic N) is 4. The van der Waals surface area contributed by atoms with E-state index in [0.717, 1.165) is 34.6 Å². The van der Waals surface area contributed by atoms with Crippen molar-refractivity contribution in [1.29, 1.82) is 0 Å². The van der Waals surface area contributed by atoms with Crippen molar-refractivity contribution in [3.63, 3.8) is 0 Å². The van der Waals surface area contributed by atoms with Crippen LogP contribution in [0.4, 0.5) is 4.79 Å². The third-order valence-corrected chi connectivity index (χ3v) is 10.8. The van der Waals surface area contributed by atoms with E-state index in [4.69, 9.17) is 14.5 Å². The van der Waals surface area contributed by atoms with Crippen LogP contribution in [0, 0.1) is 5.92 Å². The summed E-state index contributed by atoms with van der Waals surface area (Å²) in [5.74, 6) is -2.42. The van der Waals surface area contributed by atoms with E-state index < -0.39 is 69.3 Å². The molecule has 4 amide bonds. The van der Waals surface area contributed by atoms with Crippen molar-refractivity contribution in [3.8, 4) is 6.01 Å². The Kier molecular flexibility index (Phi) is 11.3. The Labute approximate surface area is 299 Å². The molecule has 3 N–H and O–H groups in total. The van der Waals surface area contributed by atoms with Crippen molar-refractivity contribution in [2.24, 2.45) is 5.92 Å².